The Bertz CT molecular complexity index is 412. The largest absolute Gasteiger partial charge is 0.356 e. The van der Waals surface area contributed by atoms with Crippen molar-refractivity contribution < 1.29 is 0 Å². The molecule has 0 radical (unpaired) electrons. The number of aryl methyl sites for hydroxylation is 1. The lowest BCUT2D eigenvalue weighted by Crippen LogP contribution is -2.24. The van der Waals surface area contributed by atoms with Crippen molar-refractivity contribution in [2.45, 2.75) is 46.6 Å². The molecule has 0 aromatic carbocycles. The number of rotatable bonds is 4. The maximum absolute atomic E-state index is 5.79. The van der Waals surface area contributed by atoms with Gasteiger partial charge in [0.25, 0.3) is 0 Å². The van der Waals surface area contributed by atoms with Crippen LogP contribution >= 0.6 is 0 Å². The summed E-state index contributed by atoms with van der Waals surface area (Å²) in [5.74, 6) is 1.12. The fourth-order valence-corrected chi connectivity index (χ4v) is 2.61. The molecule has 3 nitrogen and oxygen atoms in total. The van der Waals surface area contributed by atoms with Crippen molar-refractivity contribution in [2.24, 2.45) is 11.1 Å². The van der Waals surface area contributed by atoms with Gasteiger partial charge in [-0.1, -0.05) is 27.2 Å². The summed E-state index contributed by atoms with van der Waals surface area (Å²) in [5, 5.41) is 0. The van der Waals surface area contributed by atoms with Crippen LogP contribution in [-0.4, -0.2) is 18.1 Å². The lowest BCUT2D eigenvalue weighted by molar-refractivity contribution is 0.418. The van der Waals surface area contributed by atoms with Gasteiger partial charge in [0.15, 0.2) is 0 Å². The second-order valence-corrected chi connectivity index (χ2v) is 6.11. The van der Waals surface area contributed by atoms with E-state index in [1.807, 2.05) is 0 Å². The molecule has 1 fully saturated rings. The van der Waals surface area contributed by atoms with E-state index in [-0.39, 0.29) is 0 Å². The zero-order valence-corrected chi connectivity index (χ0v) is 11.9. The summed E-state index contributed by atoms with van der Waals surface area (Å²) < 4.78 is 0. The number of aromatic nitrogens is 1. The van der Waals surface area contributed by atoms with Crippen molar-refractivity contribution in [3.63, 3.8) is 0 Å². The Hall–Kier alpha value is -1.09. The lowest BCUT2D eigenvalue weighted by Gasteiger charge is -2.22. The molecule has 1 aliphatic rings. The number of pyridine rings is 1. The summed E-state index contributed by atoms with van der Waals surface area (Å²) in [6.45, 7) is 9.65. The van der Waals surface area contributed by atoms with Crippen LogP contribution in [0, 0.1) is 5.41 Å². The highest BCUT2D eigenvalue weighted by Crippen LogP contribution is 2.32. The molecule has 0 amide bonds. The van der Waals surface area contributed by atoms with E-state index < -0.39 is 0 Å². The number of anilines is 1. The van der Waals surface area contributed by atoms with E-state index in [1.165, 1.54) is 17.7 Å². The molecule has 0 atom stereocenters. The molecule has 0 aliphatic carbocycles. The molecule has 1 aromatic heterocycles. The third kappa shape index (κ3) is 3.02. The molecule has 0 saturated carbocycles. The molecular weight excluding hydrogens is 222 g/mol. The van der Waals surface area contributed by atoms with Crippen molar-refractivity contribution in [3.05, 3.63) is 23.4 Å². The minimum Gasteiger partial charge on any atom is -0.356 e. The van der Waals surface area contributed by atoms with Gasteiger partial charge in [0.2, 0.25) is 0 Å². The van der Waals surface area contributed by atoms with Gasteiger partial charge in [-0.25, -0.2) is 4.98 Å². The average molecular weight is 247 g/mol. The Kier molecular flexibility index (Phi) is 3.91. The summed E-state index contributed by atoms with van der Waals surface area (Å²) in [6, 6.07) is 4.30. The fraction of sp³-hybridized carbons (Fsp3) is 0.667. The Labute approximate surface area is 110 Å². The van der Waals surface area contributed by atoms with Crippen molar-refractivity contribution in [1.29, 1.82) is 0 Å². The van der Waals surface area contributed by atoms with E-state index in [4.69, 9.17) is 10.7 Å². The predicted molar refractivity (Wildman–Crippen MR) is 76.7 cm³/mol. The first-order valence-electron chi connectivity index (χ1n) is 6.99. The Balaban J connectivity index is 2.24. The third-order valence-electron chi connectivity index (χ3n) is 3.67. The van der Waals surface area contributed by atoms with E-state index in [0.29, 0.717) is 12.0 Å². The maximum Gasteiger partial charge on any atom is 0.129 e. The molecular formula is C15H25N3. The zero-order valence-electron chi connectivity index (χ0n) is 11.9. The van der Waals surface area contributed by atoms with Crippen molar-refractivity contribution in [3.8, 4) is 0 Å². The second kappa shape index (κ2) is 5.27. The van der Waals surface area contributed by atoms with Crippen molar-refractivity contribution >= 4 is 5.82 Å². The van der Waals surface area contributed by atoms with Gasteiger partial charge in [-0.15, -0.1) is 0 Å². The van der Waals surface area contributed by atoms with Crippen molar-refractivity contribution in [1.82, 2.24) is 4.98 Å². The highest BCUT2D eigenvalue weighted by atomic mass is 15.2. The quantitative estimate of drug-likeness (QED) is 0.889. The van der Waals surface area contributed by atoms with Crippen LogP contribution in [0.2, 0.25) is 0 Å². The van der Waals surface area contributed by atoms with E-state index in [9.17, 15) is 0 Å². The number of nitrogens with two attached hydrogens (primary N) is 1. The summed E-state index contributed by atoms with van der Waals surface area (Å²) >= 11 is 0. The molecule has 0 spiro atoms. The predicted octanol–water partition coefficient (Wildman–Crippen LogP) is 2.73. The summed E-state index contributed by atoms with van der Waals surface area (Å²) in [6.07, 6.45) is 3.41. The van der Waals surface area contributed by atoms with Crippen LogP contribution in [0.15, 0.2) is 12.1 Å². The monoisotopic (exact) mass is 247 g/mol. The molecule has 0 unspecified atom stereocenters. The molecule has 18 heavy (non-hydrogen) atoms. The van der Waals surface area contributed by atoms with Gasteiger partial charge in [0.1, 0.15) is 5.82 Å². The summed E-state index contributed by atoms with van der Waals surface area (Å²) in [4.78, 5) is 7.19. The van der Waals surface area contributed by atoms with E-state index in [0.717, 1.165) is 31.7 Å². The molecule has 3 heteroatoms. The smallest absolute Gasteiger partial charge is 0.129 e. The first kappa shape index (κ1) is 13.3. The topological polar surface area (TPSA) is 42.1 Å². The Morgan fingerprint density at radius 2 is 2.17 bits per heavy atom. The zero-order chi connectivity index (χ0) is 13.2. The van der Waals surface area contributed by atoms with Gasteiger partial charge in [-0.05, 0) is 36.0 Å². The van der Waals surface area contributed by atoms with Crippen LogP contribution in [0.4, 0.5) is 5.82 Å². The SMILES string of the molecule is CCCc1cc(CN)cc(N2CCC(C)(C)C2)n1. The highest BCUT2D eigenvalue weighted by molar-refractivity contribution is 5.44. The van der Waals surface area contributed by atoms with Crippen LogP contribution in [0.3, 0.4) is 0 Å². The van der Waals surface area contributed by atoms with Gasteiger partial charge < -0.3 is 10.6 Å². The van der Waals surface area contributed by atoms with Crippen LogP contribution < -0.4 is 10.6 Å². The molecule has 1 aromatic rings. The number of hydrogen-bond acceptors (Lipinski definition) is 3. The molecule has 2 N–H and O–H groups in total. The lowest BCUT2D eigenvalue weighted by atomic mass is 9.93. The van der Waals surface area contributed by atoms with Crippen molar-refractivity contribution in [2.75, 3.05) is 18.0 Å². The van der Waals surface area contributed by atoms with E-state index in [2.05, 4.69) is 37.8 Å². The van der Waals surface area contributed by atoms with E-state index >= 15 is 0 Å². The summed E-state index contributed by atoms with van der Waals surface area (Å²) in [5.41, 5.74) is 8.58. The average Bonchev–Trinajstić information content (AvgIpc) is 2.70. The third-order valence-corrected chi connectivity index (χ3v) is 3.67. The second-order valence-electron chi connectivity index (χ2n) is 6.11. The highest BCUT2D eigenvalue weighted by Gasteiger charge is 2.30. The van der Waals surface area contributed by atoms with Gasteiger partial charge in [-0.3, -0.25) is 0 Å². The molecule has 1 saturated heterocycles. The normalized spacial score (nSPS) is 18.3. The van der Waals surface area contributed by atoms with Gasteiger partial charge in [-0.2, -0.15) is 0 Å². The maximum atomic E-state index is 5.79. The molecule has 0 bridgehead atoms. The Morgan fingerprint density at radius 1 is 1.39 bits per heavy atom. The molecule has 1 aliphatic heterocycles. The first-order chi connectivity index (χ1) is 8.54. The van der Waals surface area contributed by atoms with Gasteiger partial charge in [0, 0.05) is 25.3 Å². The standard InChI is InChI=1S/C15H25N3/c1-4-5-13-8-12(10-16)9-14(17-13)18-7-6-15(2,3)11-18/h8-9H,4-7,10-11,16H2,1-3H3. The summed E-state index contributed by atoms with van der Waals surface area (Å²) in [7, 11) is 0. The molecule has 2 heterocycles. The first-order valence-corrected chi connectivity index (χ1v) is 6.99. The minimum atomic E-state index is 0.408. The van der Waals surface area contributed by atoms with Crippen LogP contribution in [0.1, 0.15) is 44.9 Å². The van der Waals surface area contributed by atoms with Crippen LogP contribution in [0.25, 0.3) is 0 Å². The van der Waals surface area contributed by atoms with Crippen LogP contribution in [-0.2, 0) is 13.0 Å². The fourth-order valence-electron chi connectivity index (χ4n) is 2.61. The Morgan fingerprint density at radius 3 is 2.72 bits per heavy atom. The van der Waals surface area contributed by atoms with E-state index in [1.54, 1.807) is 0 Å². The molecule has 100 valence electrons. The minimum absolute atomic E-state index is 0.408. The number of nitrogens with zero attached hydrogens (tertiary/aromatic N) is 2. The molecule has 2 rings (SSSR count). The van der Waals surface area contributed by atoms with Crippen LogP contribution in [0.5, 0.6) is 0 Å². The van der Waals surface area contributed by atoms with Gasteiger partial charge >= 0.3 is 0 Å². The van der Waals surface area contributed by atoms with Gasteiger partial charge in [0.05, 0.1) is 0 Å². The number of hydrogen-bond donors (Lipinski definition) is 1.